The van der Waals surface area contributed by atoms with Crippen molar-refractivity contribution in [1.29, 1.82) is 0 Å². The first-order valence-corrected chi connectivity index (χ1v) is 15.8. The third kappa shape index (κ3) is 9.38. The molecule has 0 aromatic heterocycles. The standard InChI is InChI=1S/C30H35Cl2N3O5S/c1-4-5-17-33-30(37)27(18-22-9-7-6-8-10-22)34(20-23-11-13-24(31)14-12-23)29(36)21-35(41(3,38)39)26-19-25(32)15-16-28(26)40-2/h6-16,19,27H,4-5,17-18,20-21H2,1-3H3,(H,33,37). The molecule has 0 saturated carbocycles. The second-order valence-electron chi connectivity index (χ2n) is 9.58. The Balaban J connectivity index is 2.07. The first-order valence-electron chi connectivity index (χ1n) is 13.2. The van der Waals surface area contributed by atoms with E-state index in [4.69, 9.17) is 27.9 Å². The maximum absolute atomic E-state index is 14.1. The molecular formula is C30H35Cl2N3O5S. The number of carbonyl (C=O) groups is 2. The van der Waals surface area contributed by atoms with E-state index in [2.05, 4.69) is 5.32 Å². The number of carbonyl (C=O) groups excluding carboxylic acids is 2. The average molecular weight is 621 g/mol. The third-order valence-electron chi connectivity index (χ3n) is 6.46. The number of methoxy groups -OCH3 is 1. The van der Waals surface area contributed by atoms with Crippen LogP contribution in [-0.2, 0) is 32.6 Å². The SMILES string of the molecule is CCCCNC(=O)C(Cc1ccccc1)N(Cc1ccc(Cl)cc1)C(=O)CN(c1cc(Cl)ccc1OC)S(C)(=O)=O. The minimum atomic E-state index is -3.97. The molecule has 2 amide bonds. The Morgan fingerprint density at radius 2 is 1.61 bits per heavy atom. The molecule has 0 aliphatic rings. The van der Waals surface area contributed by atoms with Crippen molar-refractivity contribution in [1.82, 2.24) is 10.2 Å². The lowest BCUT2D eigenvalue weighted by atomic mass is 10.0. The Kier molecular flexibility index (Phi) is 11.9. The quantitative estimate of drug-likeness (QED) is 0.246. The zero-order chi connectivity index (χ0) is 30.0. The van der Waals surface area contributed by atoms with Gasteiger partial charge >= 0.3 is 0 Å². The van der Waals surface area contributed by atoms with Crippen LogP contribution >= 0.6 is 23.2 Å². The molecule has 0 saturated heterocycles. The molecule has 3 aromatic carbocycles. The summed E-state index contributed by atoms with van der Waals surface area (Å²) in [5.41, 5.74) is 1.70. The highest BCUT2D eigenvalue weighted by Gasteiger charge is 2.33. The van der Waals surface area contributed by atoms with Crippen LogP contribution in [0.15, 0.2) is 72.8 Å². The van der Waals surface area contributed by atoms with Crippen LogP contribution in [0.5, 0.6) is 5.75 Å². The molecule has 0 radical (unpaired) electrons. The van der Waals surface area contributed by atoms with Gasteiger partial charge in [-0.25, -0.2) is 8.42 Å². The number of halogens is 2. The van der Waals surface area contributed by atoms with E-state index in [0.717, 1.165) is 34.5 Å². The molecule has 1 unspecified atom stereocenters. The fourth-order valence-electron chi connectivity index (χ4n) is 4.30. The van der Waals surface area contributed by atoms with Crippen molar-refractivity contribution < 1.29 is 22.7 Å². The summed E-state index contributed by atoms with van der Waals surface area (Å²) in [6, 6.07) is 19.9. The fraction of sp³-hybridized carbons (Fsp3) is 0.333. The molecule has 0 bridgehead atoms. The van der Waals surface area contributed by atoms with Crippen LogP contribution in [0.25, 0.3) is 0 Å². The lowest BCUT2D eigenvalue weighted by Crippen LogP contribution is -2.53. The summed E-state index contributed by atoms with van der Waals surface area (Å²) in [7, 11) is -2.57. The van der Waals surface area contributed by atoms with Crippen LogP contribution in [0, 0.1) is 0 Å². The molecule has 3 rings (SSSR count). The van der Waals surface area contributed by atoms with E-state index >= 15 is 0 Å². The summed E-state index contributed by atoms with van der Waals surface area (Å²) in [5, 5.41) is 3.76. The highest BCUT2D eigenvalue weighted by atomic mass is 35.5. The number of unbranched alkanes of at least 4 members (excludes halogenated alkanes) is 1. The summed E-state index contributed by atoms with van der Waals surface area (Å²) in [6.07, 6.45) is 2.91. The number of nitrogens with zero attached hydrogens (tertiary/aromatic N) is 2. The maximum atomic E-state index is 14.1. The van der Waals surface area contributed by atoms with E-state index in [0.29, 0.717) is 11.6 Å². The van der Waals surface area contributed by atoms with Gasteiger partial charge in [0.05, 0.1) is 19.1 Å². The van der Waals surface area contributed by atoms with E-state index in [1.165, 1.54) is 24.1 Å². The lowest BCUT2D eigenvalue weighted by molar-refractivity contribution is -0.140. The maximum Gasteiger partial charge on any atom is 0.244 e. The molecule has 0 fully saturated rings. The summed E-state index contributed by atoms with van der Waals surface area (Å²) in [4.78, 5) is 29.2. The average Bonchev–Trinajstić information content (AvgIpc) is 2.94. The number of ether oxygens (including phenoxy) is 1. The normalized spacial score (nSPS) is 11.9. The van der Waals surface area contributed by atoms with E-state index in [1.807, 2.05) is 37.3 Å². The fourth-order valence-corrected chi connectivity index (χ4v) is 5.44. The largest absolute Gasteiger partial charge is 0.495 e. The summed E-state index contributed by atoms with van der Waals surface area (Å²) < 4.78 is 32.3. The van der Waals surface area contributed by atoms with Crippen LogP contribution in [0.1, 0.15) is 30.9 Å². The van der Waals surface area contributed by atoms with Crippen molar-refractivity contribution in [2.24, 2.45) is 0 Å². The number of benzene rings is 3. The van der Waals surface area contributed by atoms with Gasteiger partial charge in [-0.15, -0.1) is 0 Å². The monoisotopic (exact) mass is 619 g/mol. The second-order valence-corrected chi connectivity index (χ2v) is 12.4. The summed E-state index contributed by atoms with van der Waals surface area (Å²) in [5.74, 6) is -0.662. The number of sulfonamides is 1. The van der Waals surface area contributed by atoms with Gasteiger partial charge in [-0.1, -0.05) is 79.0 Å². The first kappa shape index (κ1) is 32.2. The zero-order valence-electron chi connectivity index (χ0n) is 23.3. The Labute approximate surface area is 252 Å². The Bertz CT molecular complexity index is 1420. The molecule has 0 aliphatic heterocycles. The molecule has 0 spiro atoms. The highest BCUT2D eigenvalue weighted by Crippen LogP contribution is 2.33. The van der Waals surface area contributed by atoms with Gasteiger partial charge in [-0.2, -0.15) is 0 Å². The van der Waals surface area contributed by atoms with Gasteiger partial charge in [0.1, 0.15) is 18.3 Å². The predicted octanol–water partition coefficient (Wildman–Crippen LogP) is 5.32. The van der Waals surface area contributed by atoms with Gasteiger partial charge in [0.2, 0.25) is 21.8 Å². The van der Waals surface area contributed by atoms with E-state index in [1.54, 1.807) is 30.3 Å². The van der Waals surface area contributed by atoms with Gasteiger partial charge in [-0.3, -0.25) is 13.9 Å². The van der Waals surface area contributed by atoms with Crippen molar-refractivity contribution in [2.45, 2.75) is 38.8 Å². The Morgan fingerprint density at radius 1 is 0.951 bits per heavy atom. The van der Waals surface area contributed by atoms with Crippen molar-refractivity contribution in [3.05, 3.63) is 94.0 Å². The van der Waals surface area contributed by atoms with E-state index < -0.39 is 28.5 Å². The van der Waals surface area contributed by atoms with Gasteiger partial charge in [0, 0.05) is 29.6 Å². The number of anilines is 1. The molecule has 41 heavy (non-hydrogen) atoms. The second kappa shape index (κ2) is 15.1. The molecule has 1 atom stereocenters. The number of amides is 2. The molecule has 8 nitrogen and oxygen atoms in total. The van der Waals surface area contributed by atoms with Crippen LogP contribution in [0.3, 0.4) is 0 Å². The third-order valence-corrected chi connectivity index (χ3v) is 8.07. The molecule has 0 heterocycles. The minimum Gasteiger partial charge on any atom is -0.495 e. The molecule has 3 aromatic rings. The number of hydrogen-bond acceptors (Lipinski definition) is 5. The predicted molar refractivity (Wildman–Crippen MR) is 164 cm³/mol. The lowest BCUT2D eigenvalue weighted by Gasteiger charge is -2.33. The van der Waals surface area contributed by atoms with Crippen molar-refractivity contribution in [3.8, 4) is 5.75 Å². The van der Waals surface area contributed by atoms with E-state index in [-0.39, 0.29) is 35.3 Å². The smallest absolute Gasteiger partial charge is 0.244 e. The number of hydrogen-bond donors (Lipinski definition) is 1. The Hall–Kier alpha value is -3.27. The number of rotatable bonds is 14. The Morgan fingerprint density at radius 3 is 2.22 bits per heavy atom. The molecule has 11 heteroatoms. The van der Waals surface area contributed by atoms with Crippen molar-refractivity contribution >= 4 is 50.7 Å². The molecule has 0 aliphatic carbocycles. The van der Waals surface area contributed by atoms with Gasteiger partial charge in [0.25, 0.3) is 0 Å². The minimum absolute atomic E-state index is 0.0545. The van der Waals surface area contributed by atoms with Crippen LogP contribution < -0.4 is 14.4 Å². The van der Waals surface area contributed by atoms with Gasteiger partial charge in [0.15, 0.2) is 0 Å². The first-order chi connectivity index (χ1) is 19.5. The van der Waals surface area contributed by atoms with Crippen molar-refractivity contribution in [3.63, 3.8) is 0 Å². The van der Waals surface area contributed by atoms with Crippen LogP contribution in [0.4, 0.5) is 5.69 Å². The molecular weight excluding hydrogens is 585 g/mol. The highest BCUT2D eigenvalue weighted by molar-refractivity contribution is 7.92. The zero-order valence-corrected chi connectivity index (χ0v) is 25.7. The van der Waals surface area contributed by atoms with Crippen LogP contribution in [0.2, 0.25) is 10.0 Å². The van der Waals surface area contributed by atoms with Gasteiger partial charge in [-0.05, 0) is 47.9 Å². The molecule has 1 N–H and O–H groups in total. The van der Waals surface area contributed by atoms with E-state index in [9.17, 15) is 18.0 Å². The van der Waals surface area contributed by atoms with Gasteiger partial charge < -0.3 is 15.0 Å². The summed E-state index contributed by atoms with van der Waals surface area (Å²) in [6.45, 7) is 1.96. The van der Waals surface area contributed by atoms with Crippen LogP contribution in [-0.4, -0.2) is 57.6 Å². The number of nitrogens with one attached hydrogen (secondary N) is 1. The summed E-state index contributed by atoms with van der Waals surface area (Å²) >= 11 is 12.3. The molecule has 220 valence electrons. The topological polar surface area (TPSA) is 96.0 Å². The van der Waals surface area contributed by atoms with Crippen molar-refractivity contribution in [2.75, 3.05) is 30.8 Å².